The molecule has 0 aromatic heterocycles. The van der Waals surface area contributed by atoms with Crippen LogP contribution >= 0.6 is 7.92 Å². The summed E-state index contributed by atoms with van der Waals surface area (Å²) in [5.74, 6) is 0. The van der Waals surface area contributed by atoms with E-state index in [0.29, 0.717) is 5.30 Å². The molecule has 116 valence electrons. The molecule has 6 heteroatoms. The molecule has 3 rings (SSSR count). The van der Waals surface area contributed by atoms with Crippen molar-refractivity contribution in [3.8, 4) is 0 Å². The second-order valence-electron chi connectivity index (χ2n) is 4.93. The zero-order valence-corrected chi connectivity index (χ0v) is 16.9. The third-order valence-corrected chi connectivity index (χ3v) is 6.95. The predicted octanol–water partition coefficient (Wildman–Crippen LogP) is -0.647. The van der Waals surface area contributed by atoms with Gasteiger partial charge in [-0.2, -0.15) is 0 Å². The van der Waals surface area contributed by atoms with Crippen molar-refractivity contribution in [2.24, 2.45) is 0 Å². The SMILES string of the molecule is O=S(=O)([O-])c1ccccc1P(c1ccccc1)c1ccccc1.[Na+]. The second-order valence-corrected chi connectivity index (χ2v) is 8.46. The molecule has 3 aromatic rings. The minimum atomic E-state index is -4.53. The van der Waals surface area contributed by atoms with Gasteiger partial charge in [0.25, 0.3) is 0 Å². The summed E-state index contributed by atoms with van der Waals surface area (Å²) in [6.07, 6.45) is 0. The number of benzene rings is 3. The Bertz CT molecular complexity index is 860. The van der Waals surface area contributed by atoms with Gasteiger partial charge in [0, 0.05) is 5.30 Å². The summed E-state index contributed by atoms with van der Waals surface area (Å²) in [6.45, 7) is 0. The molecule has 0 saturated heterocycles. The van der Waals surface area contributed by atoms with Crippen molar-refractivity contribution in [1.82, 2.24) is 0 Å². The maximum absolute atomic E-state index is 11.7. The van der Waals surface area contributed by atoms with Gasteiger partial charge in [-0.05, 0) is 24.6 Å². The molecule has 0 aliphatic heterocycles. The molecule has 24 heavy (non-hydrogen) atoms. The summed E-state index contributed by atoms with van der Waals surface area (Å²) in [4.78, 5) is -0.140. The van der Waals surface area contributed by atoms with Gasteiger partial charge in [-0.1, -0.05) is 78.9 Å². The van der Waals surface area contributed by atoms with Gasteiger partial charge < -0.3 is 4.55 Å². The van der Waals surface area contributed by atoms with E-state index in [-0.39, 0.29) is 34.5 Å². The molecule has 3 aromatic carbocycles. The third kappa shape index (κ3) is 4.34. The molecule has 0 spiro atoms. The van der Waals surface area contributed by atoms with Crippen LogP contribution in [-0.2, 0) is 10.1 Å². The van der Waals surface area contributed by atoms with Crippen molar-refractivity contribution in [3.63, 3.8) is 0 Å². The Kier molecular flexibility index (Phi) is 6.76. The fourth-order valence-corrected chi connectivity index (χ4v) is 5.94. The van der Waals surface area contributed by atoms with E-state index in [9.17, 15) is 13.0 Å². The number of hydrogen-bond donors (Lipinski definition) is 0. The molecule has 0 fully saturated rings. The first-order valence-corrected chi connectivity index (χ1v) is 9.77. The molecule has 0 bridgehead atoms. The topological polar surface area (TPSA) is 57.2 Å². The Labute approximate surface area is 165 Å². The van der Waals surface area contributed by atoms with E-state index in [1.54, 1.807) is 18.2 Å². The normalized spacial score (nSPS) is 11.1. The summed E-state index contributed by atoms with van der Waals surface area (Å²) < 4.78 is 35.0. The molecule has 0 aliphatic carbocycles. The summed E-state index contributed by atoms with van der Waals surface area (Å²) in [5.41, 5.74) is 0. The molecule has 0 unspecified atom stereocenters. The minimum Gasteiger partial charge on any atom is -0.744 e. The van der Waals surface area contributed by atoms with Gasteiger partial charge in [0.1, 0.15) is 10.1 Å². The van der Waals surface area contributed by atoms with Gasteiger partial charge in [-0.15, -0.1) is 0 Å². The first-order valence-electron chi connectivity index (χ1n) is 7.02. The van der Waals surface area contributed by atoms with Crippen LogP contribution in [-0.4, -0.2) is 13.0 Å². The third-order valence-electron chi connectivity index (χ3n) is 3.40. The Morgan fingerprint density at radius 1 is 0.667 bits per heavy atom. The zero-order chi connectivity index (χ0) is 16.3. The van der Waals surface area contributed by atoms with Crippen LogP contribution in [0.25, 0.3) is 0 Å². The summed E-state index contributed by atoms with van der Waals surface area (Å²) >= 11 is 0. The van der Waals surface area contributed by atoms with E-state index in [2.05, 4.69) is 0 Å². The monoisotopic (exact) mass is 364 g/mol. The van der Waals surface area contributed by atoms with Gasteiger partial charge in [0.05, 0.1) is 4.90 Å². The van der Waals surface area contributed by atoms with Crippen molar-refractivity contribution in [2.45, 2.75) is 4.90 Å². The maximum atomic E-state index is 11.7. The van der Waals surface area contributed by atoms with E-state index in [1.165, 1.54) is 6.07 Å². The van der Waals surface area contributed by atoms with Crippen molar-refractivity contribution < 1.29 is 42.5 Å². The largest absolute Gasteiger partial charge is 1.00 e. The van der Waals surface area contributed by atoms with E-state index < -0.39 is 18.0 Å². The predicted molar refractivity (Wildman–Crippen MR) is 93.1 cm³/mol. The van der Waals surface area contributed by atoms with Crippen LogP contribution in [0.15, 0.2) is 89.8 Å². The van der Waals surface area contributed by atoms with Crippen LogP contribution in [0.5, 0.6) is 0 Å². The molecule has 0 amide bonds. The van der Waals surface area contributed by atoms with E-state index in [1.807, 2.05) is 60.7 Å². The van der Waals surface area contributed by atoms with Crippen LogP contribution in [0.3, 0.4) is 0 Å². The van der Waals surface area contributed by atoms with Crippen molar-refractivity contribution in [1.29, 1.82) is 0 Å². The maximum Gasteiger partial charge on any atom is 1.00 e. The van der Waals surface area contributed by atoms with Crippen LogP contribution in [0.1, 0.15) is 0 Å². The average molecular weight is 364 g/mol. The van der Waals surface area contributed by atoms with Gasteiger partial charge in [0.15, 0.2) is 0 Å². The fourth-order valence-electron chi connectivity index (χ4n) is 2.43. The molecule has 3 nitrogen and oxygen atoms in total. The van der Waals surface area contributed by atoms with Crippen LogP contribution < -0.4 is 45.5 Å². The zero-order valence-electron chi connectivity index (χ0n) is 13.2. The van der Waals surface area contributed by atoms with E-state index in [0.717, 1.165) is 10.6 Å². The summed E-state index contributed by atoms with van der Waals surface area (Å²) in [7, 11) is -5.64. The first kappa shape index (κ1) is 19.3. The van der Waals surface area contributed by atoms with E-state index >= 15 is 0 Å². The molecule has 0 radical (unpaired) electrons. The second kappa shape index (κ2) is 8.39. The van der Waals surface area contributed by atoms with Gasteiger partial charge >= 0.3 is 29.6 Å². The van der Waals surface area contributed by atoms with Gasteiger partial charge in [0.2, 0.25) is 0 Å². The fraction of sp³-hybridized carbons (Fsp3) is 0. The molecule has 0 saturated carbocycles. The van der Waals surface area contributed by atoms with Crippen LogP contribution in [0.4, 0.5) is 0 Å². The Balaban J connectivity index is 0.00000208. The summed E-state index contributed by atoms with van der Waals surface area (Å²) in [6, 6.07) is 25.8. The molecule has 0 heterocycles. The summed E-state index contributed by atoms with van der Waals surface area (Å²) in [5, 5.41) is 2.57. The van der Waals surface area contributed by atoms with Crippen molar-refractivity contribution in [3.05, 3.63) is 84.9 Å². The van der Waals surface area contributed by atoms with Crippen LogP contribution in [0.2, 0.25) is 0 Å². The number of hydrogen-bond acceptors (Lipinski definition) is 3. The van der Waals surface area contributed by atoms with Gasteiger partial charge in [-0.25, -0.2) is 8.42 Å². The minimum absolute atomic E-state index is 0. The smallest absolute Gasteiger partial charge is 0.744 e. The molecule has 0 aliphatic rings. The van der Waals surface area contributed by atoms with Gasteiger partial charge in [-0.3, -0.25) is 0 Å². The molecular weight excluding hydrogens is 350 g/mol. The average Bonchev–Trinajstić information content (AvgIpc) is 2.57. The Morgan fingerprint density at radius 3 is 1.54 bits per heavy atom. The Hall–Kier alpha value is -1.000. The van der Waals surface area contributed by atoms with E-state index in [4.69, 9.17) is 0 Å². The molecule has 0 N–H and O–H groups in total. The molecular formula is C18H14NaO3PS. The standard InChI is InChI=1S/C18H15O3PS.Na/c19-23(20,21)18-14-8-7-13-17(18)22(15-9-3-1-4-10-15)16-11-5-2-6-12-16;/h1-14H,(H,19,20,21);/q;+1/p-1. The molecule has 0 atom stereocenters. The quantitative estimate of drug-likeness (QED) is 0.351. The Morgan fingerprint density at radius 2 is 1.08 bits per heavy atom. The number of rotatable bonds is 4. The van der Waals surface area contributed by atoms with Crippen molar-refractivity contribution in [2.75, 3.05) is 0 Å². The first-order chi connectivity index (χ1) is 11.1. The van der Waals surface area contributed by atoms with Crippen molar-refractivity contribution >= 4 is 34.0 Å². The van der Waals surface area contributed by atoms with Crippen LogP contribution in [0, 0.1) is 0 Å².